The highest BCUT2D eigenvalue weighted by molar-refractivity contribution is 7.89. The first-order valence-electron chi connectivity index (χ1n) is 7.85. The van der Waals surface area contributed by atoms with E-state index in [-0.39, 0.29) is 43.0 Å². The summed E-state index contributed by atoms with van der Waals surface area (Å²) in [7, 11) is -3.91. The third-order valence-electron chi connectivity index (χ3n) is 4.41. The van der Waals surface area contributed by atoms with Crippen LogP contribution in [0.3, 0.4) is 0 Å². The molecule has 0 saturated carbocycles. The summed E-state index contributed by atoms with van der Waals surface area (Å²) in [6.07, 6.45) is -4.26. The Morgan fingerprint density at radius 3 is 2.30 bits per heavy atom. The molecular formula is C15H15F3N2O6S. The highest BCUT2D eigenvalue weighted by Gasteiger charge is 2.45. The maximum atomic E-state index is 12.7. The van der Waals surface area contributed by atoms with E-state index in [9.17, 15) is 26.4 Å². The van der Waals surface area contributed by atoms with Gasteiger partial charge in [-0.15, -0.1) is 13.2 Å². The Morgan fingerprint density at radius 2 is 1.81 bits per heavy atom. The molecule has 2 aliphatic heterocycles. The van der Waals surface area contributed by atoms with E-state index < -0.39 is 33.7 Å². The van der Waals surface area contributed by atoms with Gasteiger partial charge < -0.3 is 14.7 Å². The maximum Gasteiger partial charge on any atom is 0.573 e. The van der Waals surface area contributed by atoms with E-state index in [1.54, 1.807) is 0 Å². The number of rotatable bonds is 4. The zero-order chi connectivity index (χ0) is 19.9. The van der Waals surface area contributed by atoms with Gasteiger partial charge in [0.1, 0.15) is 11.4 Å². The SMILES string of the molecule is O=C(O)C1=NOC2(CCN(S(=O)(=O)c3ccc(OC(F)(F)F)cc3)CC2)C1. The lowest BCUT2D eigenvalue weighted by Gasteiger charge is -2.36. The molecule has 1 N–H and O–H groups in total. The zero-order valence-electron chi connectivity index (χ0n) is 13.8. The van der Waals surface area contributed by atoms with Crippen molar-refractivity contribution in [2.45, 2.75) is 36.1 Å². The molecular weight excluding hydrogens is 393 g/mol. The molecule has 0 aliphatic carbocycles. The summed E-state index contributed by atoms with van der Waals surface area (Å²) in [6.45, 7) is 0.150. The van der Waals surface area contributed by atoms with Crippen LogP contribution in [0.1, 0.15) is 19.3 Å². The third kappa shape index (κ3) is 4.16. The van der Waals surface area contributed by atoms with Crippen LogP contribution < -0.4 is 4.74 Å². The van der Waals surface area contributed by atoms with Crippen molar-refractivity contribution in [3.8, 4) is 5.75 Å². The molecule has 0 aromatic heterocycles. The second-order valence-electron chi connectivity index (χ2n) is 6.22. The smallest absolute Gasteiger partial charge is 0.477 e. The average molecular weight is 408 g/mol. The fraction of sp³-hybridized carbons (Fsp3) is 0.467. The van der Waals surface area contributed by atoms with E-state index in [2.05, 4.69) is 9.89 Å². The van der Waals surface area contributed by atoms with Crippen LogP contribution >= 0.6 is 0 Å². The molecule has 0 atom stereocenters. The minimum atomic E-state index is -4.86. The van der Waals surface area contributed by atoms with Gasteiger partial charge in [0.2, 0.25) is 10.0 Å². The molecule has 1 aromatic carbocycles. The van der Waals surface area contributed by atoms with Crippen molar-refractivity contribution >= 4 is 21.7 Å². The van der Waals surface area contributed by atoms with Crippen LogP contribution in [0.4, 0.5) is 13.2 Å². The second kappa shape index (κ2) is 6.68. The number of ether oxygens (including phenoxy) is 1. The molecule has 0 amide bonds. The summed E-state index contributed by atoms with van der Waals surface area (Å²) in [4.78, 5) is 16.0. The Kier molecular flexibility index (Phi) is 4.80. The van der Waals surface area contributed by atoms with Gasteiger partial charge in [0.05, 0.1) is 4.90 Å². The summed E-state index contributed by atoms with van der Waals surface area (Å²) in [5.41, 5.74) is -0.934. The van der Waals surface area contributed by atoms with E-state index in [4.69, 9.17) is 9.94 Å². The topological polar surface area (TPSA) is 106 Å². The van der Waals surface area contributed by atoms with Crippen LogP contribution in [0.5, 0.6) is 5.75 Å². The number of carboxylic acids is 1. The monoisotopic (exact) mass is 408 g/mol. The summed E-state index contributed by atoms with van der Waals surface area (Å²) in [5.74, 6) is -1.69. The number of aliphatic carboxylic acids is 1. The largest absolute Gasteiger partial charge is 0.573 e. The standard InChI is InChI=1S/C15H15F3N2O6S/c16-15(17,18)25-10-1-3-11(4-2-10)27(23,24)20-7-5-14(6-8-20)9-12(13(21)22)19-26-14/h1-4H,5-9H2,(H,21,22). The van der Waals surface area contributed by atoms with Gasteiger partial charge in [0.15, 0.2) is 5.71 Å². The average Bonchev–Trinajstić information content (AvgIpc) is 2.98. The summed E-state index contributed by atoms with van der Waals surface area (Å²) >= 11 is 0. The molecule has 12 heteroatoms. The van der Waals surface area contributed by atoms with Crippen molar-refractivity contribution < 1.29 is 41.1 Å². The molecule has 3 rings (SSSR count). The lowest BCUT2D eigenvalue weighted by atomic mass is 9.88. The quantitative estimate of drug-likeness (QED) is 0.817. The van der Waals surface area contributed by atoms with E-state index in [0.717, 1.165) is 24.3 Å². The van der Waals surface area contributed by atoms with Gasteiger partial charge in [0, 0.05) is 32.4 Å². The van der Waals surface area contributed by atoms with Crippen LogP contribution in [-0.4, -0.2) is 54.6 Å². The van der Waals surface area contributed by atoms with Gasteiger partial charge in [-0.3, -0.25) is 0 Å². The highest BCUT2D eigenvalue weighted by Crippen LogP contribution is 2.36. The first-order valence-corrected chi connectivity index (χ1v) is 9.29. The fourth-order valence-corrected chi connectivity index (χ4v) is 4.44. The lowest BCUT2D eigenvalue weighted by Crippen LogP contribution is -2.47. The fourth-order valence-electron chi connectivity index (χ4n) is 3.00. The number of benzene rings is 1. The van der Waals surface area contributed by atoms with Gasteiger partial charge in [-0.05, 0) is 24.3 Å². The normalized spacial score (nSPS) is 20.2. The van der Waals surface area contributed by atoms with Crippen molar-refractivity contribution in [2.24, 2.45) is 5.16 Å². The van der Waals surface area contributed by atoms with E-state index in [1.165, 1.54) is 4.31 Å². The Balaban J connectivity index is 1.66. The molecule has 1 saturated heterocycles. The maximum absolute atomic E-state index is 12.7. The highest BCUT2D eigenvalue weighted by atomic mass is 32.2. The summed E-state index contributed by atoms with van der Waals surface area (Å²) < 4.78 is 66.8. The van der Waals surface area contributed by atoms with E-state index in [1.807, 2.05) is 0 Å². The number of hydrogen-bond donors (Lipinski definition) is 1. The van der Waals surface area contributed by atoms with E-state index >= 15 is 0 Å². The number of sulfonamides is 1. The molecule has 1 aromatic rings. The number of oxime groups is 1. The first kappa shape index (κ1) is 19.4. The Labute approximate surface area is 152 Å². The molecule has 1 spiro atoms. The van der Waals surface area contributed by atoms with Gasteiger partial charge in [0.25, 0.3) is 0 Å². The van der Waals surface area contributed by atoms with Crippen LogP contribution in [0, 0.1) is 0 Å². The molecule has 0 unspecified atom stereocenters. The molecule has 0 radical (unpaired) electrons. The number of carboxylic acid groups (broad SMARTS) is 1. The Bertz CT molecular complexity index is 859. The number of alkyl halides is 3. The number of carbonyl (C=O) groups is 1. The van der Waals surface area contributed by atoms with Crippen molar-refractivity contribution in [2.75, 3.05) is 13.1 Å². The number of hydrogen-bond acceptors (Lipinski definition) is 6. The van der Waals surface area contributed by atoms with Crippen LogP contribution in [0.2, 0.25) is 0 Å². The molecule has 0 bridgehead atoms. The Hall–Kier alpha value is -2.34. The van der Waals surface area contributed by atoms with Gasteiger partial charge >= 0.3 is 12.3 Å². The Morgan fingerprint density at radius 1 is 1.22 bits per heavy atom. The number of piperidine rings is 1. The number of nitrogens with zero attached hydrogens (tertiary/aromatic N) is 2. The van der Waals surface area contributed by atoms with Crippen LogP contribution in [0.25, 0.3) is 0 Å². The van der Waals surface area contributed by atoms with E-state index in [0.29, 0.717) is 0 Å². The predicted octanol–water partition coefficient (Wildman–Crippen LogP) is 1.97. The summed E-state index contributed by atoms with van der Waals surface area (Å²) in [6, 6.07) is 3.94. The zero-order valence-corrected chi connectivity index (χ0v) is 14.6. The third-order valence-corrected chi connectivity index (χ3v) is 6.33. The second-order valence-corrected chi connectivity index (χ2v) is 8.16. The minimum Gasteiger partial charge on any atom is -0.477 e. The number of halogens is 3. The van der Waals surface area contributed by atoms with Gasteiger partial charge in [-0.25, -0.2) is 13.2 Å². The first-order chi connectivity index (χ1) is 12.5. The predicted molar refractivity (Wildman–Crippen MR) is 84.6 cm³/mol. The molecule has 2 aliphatic rings. The van der Waals surface area contributed by atoms with Gasteiger partial charge in [-0.2, -0.15) is 4.31 Å². The van der Waals surface area contributed by atoms with Crippen molar-refractivity contribution in [3.63, 3.8) is 0 Å². The van der Waals surface area contributed by atoms with Crippen LogP contribution in [-0.2, 0) is 19.7 Å². The van der Waals surface area contributed by atoms with Gasteiger partial charge in [-0.1, -0.05) is 5.16 Å². The van der Waals surface area contributed by atoms with Crippen molar-refractivity contribution in [1.82, 2.24) is 4.31 Å². The van der Waals surface area contributed by atoms with Crippen molar-refractivity contribution in [3.05, 3.63) is 24.3 Å². The summed E-state index contributed by atoms with van der Waals surface area (Å²) in [5, 5.41) is 12.5. The van der Waals surface area contributed by atoms with Crippen molar-refractivity contribution in [1.29, 1.82) is 0 Å². The molecule has 148 valence electrons. The minimum absolute atomic E-state index is 0.0750. The molecule has 1 fully saturated rings. The molecule has 2 heterocycles. The van der Waals surface area contributed by atoms with Crippen LogP contribution in [0.15, 0.2) is 34.3 Å². The molecule has 27 heavy (non-hydrogen) atoms. The molecule has 8 nitrogen and oxygen atoms in total. The lowest BCUT2D eigenvalue weighted by molar-refractivity contribution is -0.274.